The average Bonchev–Trinajstić information content (AvgIpc) is 3.37. The molecule has 10 heteroatoms. The minimum absolute atomic E-state index is 0. The summed E-state index contributed by atoms with van der Waals surface area (Å²) in [5, 5.41) is 5.12. The highest BCUT2D eigenvalue weighted by molar-refractivity contribution is 5.79. The van der Waals surface area contributed by atoms with E-state index in [0.717, 1.165) is 99.2 Å². The van der Waals surface area contributed by atoms with Gasteiger partial charge in [0.25, 0.3) is 5.56 Å². The molecule has 1 fully saturated rings. The number of carbonyl (C=O) groups is 1. The number of benzene rings is 1. The lowest BCUT2D eigenvalue weighted by Crippen LogP contribution is -2.55. The summed E-state index contributed by atoms with van der Waals surface area (Å²) in [4.78, 5) is 30.5. The van der Waals surface area contributed by atoms with Crippen LogP contribution >= 0.6 is 0 Å². The Balaban J connectivity index is 0.00000387. The predicted molar refractivity (Wildman–Crippen MR) is 154 cm³/mol. The number of hydrogen-bond donors (Lipinski definition) is 0. The molecule has 3 aromatic rings. The summed E-state index contributed by atoms with van der Waals surface area (Å²) in [6, 6.07) is 4.52. The molecule has 224 valence electrons. The number of quaternary nitrogens is 1. The van der Waals surface area contributed by atoms with Crippen LogP contribution in [0, 0.1) is 20.2 Å². The second-order valence-electron chi connectivity index (χ2n) is 11.3. The van der Waals surface area contributed by atoms with Crippen molar-refractivity contribution < 1.29 is 27.7 Å². The highest BCUT2D eigenvalue weighted by Gasteiger charge is 2.38. The molecule has 2 aliphatic rings. The number of hydrogen-bond acceptors (Lipinski definition) is 7. The van der Waals surface area contributed by atoms with Gasteiger partial charge >= 0.3 is 6.16 Å². The third-order valence-corrected chi connectivity index (χ3v) is 8.59. The molecule has 41 heavy (non-hydrogen) atoms. The van der Waals surface area contributed by atoms with Crippen LogP contribution in [0.25, 0.3) is 11.0 Å². The molecule has 0 atom stereocenters. The van der Waals surface area contributed by atoms with Crippen molar-refractivity contribution in [3.8, 4) is 0 Å². The van der Waals surface area contributed by atoms with E-state index in [2.05, 4.69) is 12.1 Å². The van der Waals surface area contributed by atoms with Gasteiger partial charge in [-0.1, -0.05) is 24.9 Å². The molecule has 0 unspecified atom stereocenters. The van der Waals surface area contributed by atoms with E-state index < -0.39 is 6.16 Å². The monoisotopic (exact) mass is 570 g/mol. The van der Waals surface area contributed by atoms with Gasteiger partial charge in [-0.2, -0.15) is 0 Å². The van der Waals surface area contributed by atoms with Gasteiger partial charge in [-0.15, -0.1) is 0 Å². The summed E-state index contributed by atoms with van der Waals surface area (Å²) < 4.78 is 32.4. The number of nitrogens with zero attached hydrogens (tertiary/aromatic N) is 4. The molecule has 5 rings (SSSR count). The molecule has 0 bridgehead atoms. The molecule has 0 N–H and O–H groups in total. The zero-order valence-corrected chi connectivity index (χ0v) is 24.6. The minimum Gasteiger partial charge on any atom is -0.434 e. The number of ether oxygens (including phenoxy) is 2. The number of rotatable bonds is 10. The van der Waals surface area contributed by atoms with Crippen molar-refractivity contribution in [3.05, 3.63) is 64.6 Å². The molecule has 2 aromatic heterocycles. The molecule has 2 aliphatic heterocycles. The molecule has 0 aliphatic carbocycles. The number of carbonyl (C=O) groups excluding carboxylic acids is 1. The predicted octanol–water partition coefficient (Wildman–Crippen LogP) is 5.86. The quantitative estimate of drug-likeness (QED) is 0.130. The van der Waals surface area contributed by atoms with Crippen LogP contribution in [0.15, 0.2) is 27.5 Å². The highest BCUT2D eigenvalue weighted by atomic mass is 19.1. The normalized spacial score (nSPS) is 20.3. The second-order valence-corrected chi connectivity index (χ2v) is 11.3. The number of fused-ring (bicyclic) bond motifs is 2. The lowest BCUT2D eigenvalue weighted by atomic mass is 9.90. The zero-order valence-electron chi connectivity index (χ0n) is 24.6. The highest BCUT2D eigenvalue weighted by Crippen LogP contribution is 2.35. The van der Waals surface area contributed by atoms with E-state index in [0.29, 0.717) is 29.6 Å². The fourth-order valence-electron chi connectivity index (χ4n) is 6.14. The first-order chi connectivity index (χ1) is 19.4. The van der Waals surface area contributed by atoms with Gasteiger partial charge in [-0.05, 0) is 38.3 Å². The molecule has 0 spiro atoms. The average molecular weight is 571 g/mol. The number of aryl methyl sites for hydroxylation is 2. The first kappa shape index (κ1) is 30.7. The summed E-state index contributed by atoms with van der Waals surface area (Å²) in [6.45, 7) is 7.40. The van der Waals surface area contributed by atoms with Crippen LogP contribution in [0.1, 0.15) is 80.6 Å². The van der Waals surface area contributed by atoms with Gasteiger partial charge in [0.1, 0.15) is 11.6 Å². The van der Waals surface area contributed by atoms with E-state index >= 15 is 0 Å². The van der Waals surface area contributed by atoms with Gasteiger partial charge in [-0.25, -0.2) is 14.2 Å². The first-order valence-corrected chi connectivity index (χ1v) is 14.7. The summed E-state index contributed by atoms with van der Waals surface area (Å²) in [5.41, 5.74) is 2.90. The van der Waals surface area contributed by atoms with Gasteiger partial charge in [0.15, 0.2) is 5.58 Å². The van der Waals surface area contributed by atoms with Crippen LogP contribution in [-0.2, 0) is 28.9 Å². The maximum atomic E-state index is 13.7. The molecule has 1 aromatic carbocycles. The van der Waals surface area contributed by atoms with Gasteiger partial charge in [0.2, 0.25) is 6.73 Å². The van der Waals surface area contributed by atoms with E-state index in [9.17, 15) is 14.0 Å². The second kappa shape index (κ2) is 13.6. The van der Waals surface area contributed by atoms with Gasteiger partial charge in [-0.3, -0.25) is 13.8 Å². The standard InChI is InChI=1S/C30H40FN4O5.CH3/c1-3-4-7-18-38-30(37)39-20-35(17-13-24-21(2)32-27-8-5-6-14-34(27)29(24)36)15-11-22(12-16-35)28-25-10-9-23(31)19-26(25)40-33-28;/h9-10,19,22H,3-8,11-18,20H2,1-2H3;1H3/q+1;-1. The molecule has 4 heterocycles. The van der Waals surface area contributed by atoms with Gasteiger partial charge in [0, 0.05) is 60.9 Å². The third-order valence-electron chi connectivity index (χ3n) is 8.59. The van der Waals surface area contributed by atoms with Crippen molar-refractivity contribution in [2.75, 3.05) is 33.0 Å². The molecule has 0 radical (unpaired) electrons. The fourth-order valence-corrected chi connectivity index (χ4v) is 6.14. The van der Waals surface area contributed by atoms with Crippen LogP contribution in [0.3, 0.4) is 0 Å². The fraction of sp³-hybridized carbons (Fsp3) is 0.581. The Kier molecular flexibility index (Phi) is 10.2. The summed E-state index contributed by atoms with van der Waals surface area (Å²) in [7, 11) is 0. The van der Waals surface area contributed by atoms with Crippen molar-refractivity contribution in [1.29, 1.82) is 0 Å². The smallest absolute Gasteiger partial charge is 0.434 e. The summed E-state index contributed by atoms with van der Waals surface area (Å²) >= 11 is 0. The van der Waals surface area contributed by atoms with Crippen molar-refractivity contribution in [1.82, 2.24) is 14.7 Å². The van der Waals surface area contributed by atoms with Crippen molar-refractivity contribution in [2.45, 2.75) is 84.1 Å². The maximum Gasteiger partial charge on any atom is 0.512 e. The summed E-state index contributed by atoms with van der Waals surface area (Å²) in [6.07, 6.45) is 7.28. The van der Waals surface area contributed by atoms with Crippen LogP contribution < -0.4 is 5.56 Å². The number of unbranched alkanes of at least 4 members (excludes halogenated alkanes) is 2. The Bertz CT molecular complexity index is 1390. The van der Waals surface area contributed by atoms with E-state index in [4.69, 9.17) is 19.0 Å². The number of likely N-dealkylation sites (tertiary alicyclic amines) is 1. The first-order valence-electron chi connectivity index (χ1n) is 14.7. The maximum absolute atomic E-state index is 13.7. The number of halogens is 1. The molecular formula is C31H43FN4O5. The lowest BCUT2D eigenvalue weighted by Gasteiger charge is -2.42. The van der Waals surface area contributed by atoms with E-state index in [1.807, 2.05) is 11.5 Å². The molecule has 9 nitrogen and oxygen atoms in total. The largest absolute Gasteiger partial charge is 0.512 e. The van der Waals surface area contributed by atoms with E-state index in [1.165, 1.54) is 12.1 Å². The Morgan fingerprint density at radius 3 is 2.78 bits per heavy atom. The van der Waals surface area contributed by atoms with Crippen molar-refractivity contribution in [2.24, 2.45) is 0 Å². The van der Waals surface area contributed by atoms with Crippen LogP contribution in [0.2, 0.25) is 0 Å². The number of aromatic nitrogens is 3. The van der Waals surface area contributed by atoms with E-state index in [1.54, 1.807) is 6.07 Å². The minimum atomic E-state index is -0.646. The Morgan fingerprint density at radius 1 is 1.20 bits per heavy atom. The lowest BCUT2D eigenvalue weighted by molar-refractivity contribution is -0.948. The Morgan fingerprint density at radius 2 is 2.00 bits per heavy atom. The van der Waals surface area contributed by atoms with Crippen molar-refractivity contribution in [3.63, 3.8) is 0 Å². The van der Waals surface area contributed by atoms with Gasteiger partial charge in [0.05, 0.1) is 31.9 Å². The van der Waals surface area contributed by atoms with Crippen LogP contribution in [-0.4, -0.2) is 58.3 Å². The van der Waals surface area contributed by atoms with E-state index in [-0.39, 0.29) is 31.5 Å². The SMILES string of the molecule is CCCCCOC(=O)OC[N+]1(CCc2c(C)nc3n(c2=O)CCCC3)CCC(c2noc3cc(F)ccc23)CC1.[CH3-]. The third kappa shape index (κ3) is 6.97. The Labute approximate surface area is 241 Å². The molecule has 0 saturated carbocycles. The molecule has 0 amide bonds. The van der Waals surface area contributed by atoms with Crippen LogP contribution in [0.5, 0.6) is 0 Å². The van der Waals surface area contributed by atoms with Gasteiger partial charge < -0.3 is 21.4 Å². The number of piperidine rings is 1. The summed E-state index contributed by atoms with van der Waals surface area (Å²) in [5.74, 6) is 0.684. The zero-order chi connectivity index (χ0) is 28.1. The Hall–Kier alpha value is -3.27. The molecule has 1 saturated heterocycles. The molecular weight excluding hydrogens is 527 g/mol. The van der Waals surface area contributed by atoms with Crippen molar-refractivity contribution >= 4 is 17.1 Å². The topological polar surface area (TPSA) is 96.5 Å². The van der Waals surface area contributed by atoms with Crippen LogP contribution in [0.4, 0.5) is 9.18 Å².